The highest BCUT2D eigenvalue weighted by Gasteiger charge is 2.33. The third-order valence-electron chi connectivity index (χ3n) is 1.97. The molecule has 0 aliphatic heterocycles. The molecular weight excluding hydrogens is 221 g/mol. The summed E-state index contributed by atoms with van der Waals surface area (Å²) in [5.41, 5.74) is 4.51. The van der Waals surface area contributed by atoms with E-state index < -0.39 is 11.7 Å². The fourth-order valence-electron chi connectivity index (χ4n) is 1.23. The van der Waals surface area contributed by atoms with E-state index in [-0.39, 0.29) is 23.7 Å². The first kappa shape index (κ1) is 12.4. The molecule has 0 saturated carbocycles. The van der Waals surface area contributed by atoms with Gasteiger partial charge in [-0.15, -0.1) is 0 Å². The quantitative estimate of drug-likeness (QED) is 0.765. The molecule has 6 heteroatoms. The average Bonchev–Trinajstić information content (AvgIpc) is 2.14. The minimum Gasteiger partial charge on any atom is -0.399 e. The molecule has 3 nitrogen and oxygen atoms in total. The lowest BCUT2D eigenvalue weighted by atomic mass is 10.1. The van der Waals surface area contributed by atoms with Gasteiger partial charge in [-0.05, 0) is 17.7 Å². The normalized spacial score (nSPS) is 11.2. The second kappa shape index (κ2) is 4.42. The summed E-state index contributed by atoms with van der Waals surface area (Å²) in [4.78, 5) is 10.6. The SMILES string of the molecule is CC(=O)NCc1ccc(N)cc1C(F)(F)F. The summed E-state index contributed by atoms with van der Waals surface area (Å²) in [6.07, 6.45) is -4.47. The summed E-state index contributed by atoms with van der Waals surface area (Å²) in [6, 6.07) is 3.48. The molecule has 0 fully saturated rings. The number of carbonyl (C=O) groups excluding carboxylic acids is 1. The Morgan fingerprint density at radius 3 is 2.56 bits per heavy atom. The molecule has 0 spiro atoms. The third kappa shape index (κ3) is 3.15. The smallest absolute Gasteiger partial charge is 0.399 e. The van der Waals surface area contributed by atoms with Crippen molar-refractivity contribution in [3.8, 4) is 0 Å². The van der Waals surface area contributed by atoms with E-state index in [1.807, 2.05) is 0 Å². The Balaban J connectivity index is 3.03. The van der Waals surface area contributed by atoms with Crippen molar-refractivity contribution in [3.63, 3.8) is 0 Å². The van der Waals surface area contributed by atoms with E-state index in [1.54, 1.807) is 0 Å². The van der Waals surface area contributed by atoms with Crippen LogP contribution in [0.3, 0.4) is 0 Å². The van der Waals surface area contributed by atoms with Crippen LogP contribution in [0.25, 0.3) is 0 Å². The van der Waals surface area contributed by atoms with E-state index in [0.717, 1.165) is 6.07 Å². The van der Waals surface area contributed by atoms with E-state index in [9.17, 15) is 18.0 Å². The van der Waals surface area contributed by atoms with E-state index >= 15 is 0 Å². The van der Waals surface area contributed by atoms with Gasteiger partial charge in [0.05, 0.1) is 5.56 Å². The number of rotatable bonds is 2. The van der Waals surface area contributed by atoms with Crippen LogP contribution < -0.4 is 11.1 Å². The van der Waals surface area contributed by atoms with Gasteiger partial charge in [-0.25, -0.2) is 0 Å². The topological polar surface area (TPSA) is 55.1 Å². The Morgan fingerprint density at radius 2 is 2.06 bits per heavy atom. The lowest BCUT2D eigenvalue weighted by Crippen LogP contribution is -2.21. The molecule has 3 N–H and O–H groups in total. The van der Waals surface area contributed by atoms with Crippen molar-refractivity contribution >= 4 is 11.6 Å². The van der Waals surface area contributed by atoms with Gasteiger partial charge in [-0.1, -0.05) is 6.07 Å². The molecule has 0 bridgehead atoms. The molecule has 88 valence electrons. The fourth-order valence-corrected chi connectivity index (χ4v) is 1.23. The number of anilines is 1. The summed E-state index contributed by atoms with van der Waals surface area (Å²) in [5.74, 6) is -0.384. The van der Waals surface area contributed by atoms with E-state index in [4.69, 9.17) is 5.73 Å². The van der Waals surface area contributed by atoms with Gasteiger partial charge in [0.15, 0.2) is 0 Å². The van der Waals surface area contributed by atoms with Crippen LogP contribution in [0.5, 0.6) is 0 Å². The van der Waals surface area contributed by atoms with Crippen molar-refractivity contribution in [2.24, 2.45) is 0 Å². The molecule has 0 saturated heterocycles. The molecule has 0 radical (unpaired) electrons. The summed E-state index contributed by atoms with van der Waals surface area (Å²) < 4.78 is 37.8. The standard InChI is InChI=1S/C10H11F3N2O/c1-6(16)15-5-7-2-3-8(14)4-9(7)10(11,12)13/h2-4H,5,14H2,1H3,(H,15,16). The van der Waals surface area contributed by atoms with Crippen LogP contribution in [-0.4, -0.2) is 5.91 Å². The van der Waals surface area contributed by atoms with E-state index in [1.165, 1.54) is 19.1 Å². The number of halogens is 3. The number of nitrogens with two attached hydrogens (primary N) is 1. The zero-order valence-corrected chi connectivity index (χ0v) is 8.56. The number of nitrogens with one attached hydrogen (secondary N) is 1. The number of nitrogen functional groups attached to an aromatic ring is 1. The van der Waals surface area contributed by atoms with Crippen LogP contribution in [0.1, 0.15) is 18.1 Å². The van der Waals surface area contributed by atoms with Gasteiger partial charge in [0.2, 0.25) is 5.91 Å². The van der Waals surface area contributed by atoms with Gasteiger partial charge in [-0.2, -0.15) is 13.2 Å². The minimum absolute atomic E-state index is 0.00287. The van der Waals surface area contributed by atoms with Gasteiger partial charge in [0.25, 0.3) is 0 Å². The lowest BCUT2D eigenvalue weighted by molar-refractivity contribution is -0.138. The van der Waals surface area contributed by atoms with Crippen LogP contribution >= 0.6 is 0 Å². The summed E-state index contributed by atoms with van der Waals surface area (Å²) in [5, 5.41) is 2.31. The van der Waals surface area contributed by atoms with Crippen LogP contribution in [0, 0.1) is 0 Å². The Bertz CT molecular complexity index is 402. The molecule has 0 unspecified atom stereocenters. The molecule has 0 aromatic heterocycles. The lowest BCUT2D eigenvalue weighted by Gasteiger charge is -2.13. The molecule has 16 heavy (non-hydrogen) atoms. The monoisotopic (exact) mass is 232 g/mol. The van der Waals surface area contributed by atoms with Crippen molar-refractivity contribution in [1.29, 1.82) is 0 Å². The molecule has 0 aliphatic rings. The number of alkyl halides is 3. The fraction of sp³-hybridized carbons (Fsp3) is 0.300. The van der Waals surface area contributed by atoms with Gasteiger partial charge in [0.1, 0.15) is 0 Å². The Labute approximate surface area is 90.4 Å². The van der Waals surface area contributed by atoms with Crippen molar-refractivity contribution < 1.29 is 18.0 Å². The Morgan fingerprint density at radius 1 is 1.44 bits per heavy atom. The molecule has 0 heterocycles. The highest BCUT2D eigenvalue weighted by molar-refractivity contribution is 5.72. The number of amides is 1. The maximum Gasteiger partial charge on any atom is 0.416 e. The summed E-state index contributed by atoms with van der Waals surface area (Å²) in [6.45, 7) is 1.08. The first-order valence-corrected chi connectivity index (χ1v) is 4.50. The highest BCUT2D eigenvalue weighted by atomic mass is 19.4. The van der Waals surface area contributed by atoms with Crippen LogP contribution in [-0.2, 0) is 17.5 Å². The van der Waals surface area contributed by atoms with E-state index in [2.05, 4.69) is 5.32 Å². The van der Waals surface area contributed by atoms with Crippen molar-refractivity contribution in [2.45, 2.75) is 19.6 Å². The van der Waals surface area contributed by atoms with Crippen molar-refractivity contribution in [1.82, 2.24) is 5.32 Å². The van der Waals surface area contributed by atoms with Crippen LogP contribution in [0.4, 0.5) is 18.9 Å². The number of benzene rings is 1. The predicted molar refractivity (Wildman–Crippen MR) is 53.4 cm³/mol. The van der Waals surface area contributed by atoms with Gasteiger partial charge < -0.3 is 11.1 Å². The summed E-state index contributed by atoms with van der Waals surface area (Å²) >= 11 is 0. The third-order valence-corrected chi connectivity index (χ3v) is 1.97. The maximum atomic E-state index is 12.6. The minimum atomic E-state index is -4.47. The van der Waals surface area contributed by atoms with Crippen LogP contribution in [0.15, 0.2) is 18.2 Å². The zero-order chi connectivity index (χ0) is 12.3. The average molecular weight is 232 g/mol. The number of hydrogen-bond donors (Lipinski definition) is 2. The molecule has 1 aromatic rings. The predicted octanol–water partition coefficient (Wildman–Crippen LogP) is 1.92. The summed E-state index contributed by atoms with van der Waals surface area (Å²) in [7, 11) is 0. The Kier molecular flexibility index (Phi) is 3.41. The van der Waals surface area contributed by atoms with Gasteiger partial charge >= 0.3 is 6.18 Å². The number of hydrogen-bond acceptors (Lipinski definition) is 2. The molecule has 1 amide bonds. The van der Waals surface area contributed by atoms with Crippen LogP contribution in [0.2, 0.25) is 0 Å². The van der Waals surface area contributed by atoms with Crippen molar-refractivity contribution in [2.75, 3.05) is 5.73 Å². The van der Waals surface area contributed by atoms with Gasteiger partial charge in [0, 0.05) is 19.2 Å². The Hall–Kier alpha value is -1.72. The van der Waals surface area contributed by atoms with Crippen molar-refractivity contribution in [3.05, 3.63) is 29.3 Å². The molecular formula is C10H11F3N2O. The second-order valence-electron chi connectivity index (χ2n) is 3.32. The molecule has 1 rings (SSSR count). The molecule has 1 aromatic carbocycles. The maximum absolute atomic E-state index is 12.6. The largest absolute Gasteiger partial charge is 0.416 e. The first-order valence-electron chi connectivity index (χ1n) is 4.50. The molecule has 0 aliphatic carbocycles. The van der Waals surface area contributed by atoms with Gasteiger partial charge in [-0.3, -0.25) is 4.79 Å². The second-order valence-corrected chi connectivity index (χ2v) is 3.32. The van der Waals surface area contributed by atoms with E-state index in [0.29, 0.717) is 0 Å². The first-order chi connectivity index (χ1) is 7.30. The number of carbonyl (C=O) groups is 1. The zero-order valence-electron chi connectivity index (χ0n) is 8.56. The molecule has 0 atom stereocenters. The highest BCUT2D eigenvalue weighted by Crippen LogP contribution is 2.33.